The van der Waals surface area contributed by atoms with Crippen molar-refractivity contribution in [1.29, 1.82) is 0 Å². The molecule has 0 radical (unpaired) electrons. The zero-order chi connectivity index (χ0) is 19.8. The fourth-order valence-electron chi connectivity index (χ4n) is 2.78. The first-order valence-electron chi connectivity index (χ1n) is 9.21. The van der Waals surface area contributed by atoms with Crippen LogP contribution in [-0.4, -0.2) is 32.7 Å². The first-order valence-corrected chi connectivity index (χ1v) is 9.21. The second-order valence-corrected chi connectivity index (χ2v) is 6.37. The van der Waals surface area contributed by atoms with E-state index in [0.717, 1.165) is 10.5 Å². The minimum Gasteiger partial charge on any atom is -0.490 e. The zero-order valence-electron chi connectivity index (χ0n) is 16.3. The van der Waals surface area contributed by atoms with Gasteiger partial charge >= 0.3 is 0 Å². The van der Waals surface area contributed by atoms with Gasteiger partial charge in [-0.2, -0.15) is 0 Å². The fraction of sp³-hybridized carbons (Fsp3) is 0.381. The topological polar surface area (TPSA) is 52.0 Å². The summed E-state index contributed by atoms with van der Waals surface area (Å²) in [5, 5.41) is 2.90. The van der Waals surface area contributed by atoms with Crippen LogP contribution < -0.4 is 19.7 Å². The molecule has 2 aromatic carbocycles. The van der Waals surface area contributed by atoms with Crippen LogP contribution in [0.15, 0.2) is 42.5 Å². The summed E-state index contributed by atoms with van der Waals surface area (Å²) >= 11 is 0. The quantitative estimate of drug-likeness (QED) is 0.709. The van der Waals surface area contributed by atoms with E-state index in [1.807, 2.05) is 27.8 Å². The van der Waals surface area contributed by atoms with E-state index in [2.05, 4.69) is 5.32 Å². The van der Waals surface area contributed by atoms with E-state index in [-0.39, 0.29) is 24.3 Å². The SMILES string of the molecule is CCOc1ccc(NC(=O)C[NH+](C)[C@@H](C)c2ccc(F)cc2)cc1OCC. The maximum atomic E-state index is 13.1. The first-order chi connectivity index (χ1) is 12.9. The number of carbonyl (C=O) groups is 1. The van der Waals surface area contributed by atoms with Crippen LogP contribution >= 0.6 is 0 Å². The molecule has 5 nitrogen and oxygen atoms in total. The Hall–Kier alpha value is -2.60. The van der Waals surface area contributed by atoms with E-state index in [4.69, 9.17) is 9.47 Å². The normalized spacial score (nSPS) is 12.9. The third-order valence-electron chi connectivity index (χ3n) is 4.38. The molecule has 6 heteroatoms. The van der Waals surface area contributed by atoms with Crippen molar-refractivity contribution in [3.05, 3.63) is 53.8 Å². The Morgan fingerprint density at radius 2 is 1.70 bits per heavy atom. The van der Waals surface area contributed by atoms with E-state index in [1.165, 1.54) is 12.1 Å². The molecule has 2 N–H and O–H groups in total. The molecule has 0 aromatic heterocycles. The number of nitrogens with one attached hydrogen (secondary N) is 2. The average Bonchev–Trinajstić information content (AvgIpc) is 2.64. The standard InChI is InChI=1S/C21H27FN2O3/c1-5-26-19-12-11-18(13-20(19)27-6-2)23-21(25)14-24(4)15(3)16-7-9-17(22)10-8-16/h7-13,15H,5-6,14H2,1-4H3,(H,23,25)/p+1/t15-/m0/s1. The average molecular weight is 375 g/mol. The minimum absolute atomic E-state index is 0.0654. The number of benzene rings is 2. The number of quaternary nitrogens is 1. The van der Waals surface area contributed by atoms with Crippen LogP contribution in [0.4, 0.5) is 10.1 Å². The number of carbonyl (C=O) groups excluding carboxylic acids is 1. The summed E-state index contributed by atoms with van der Waals surface area (Å²) < 4.78 is 24.2. The summed E-state index contributed by atoms with van der Waals surface area (Å²) in [6, 6.07) is 11.8. The molecule has 0 saturated heterocycles. The molecular weight excluding hydrogens is 347 g/mol. The molecule has 2 rings (SSSR count). The number of hydrogen-bond acceptors (Lipinski definition) is 3. The van der Waals surface area contributed by atoms with Gasteiger partial charge in [-0.25, -0.2) is 4.39 Å². The molecule has 0 aliphatic rings. The lowest BCUT2D eigenvalue weighted by atomic mass is 10.1. The van der Waals surface area contributed by atoms with Crippen LogP contribution in [0.25, 0.3) is 0 Å². The van der Waals surface area contributed by atoms with E-state index < -0.39 is 0 Å². The highest BCUT2D eigenvalue weighted by molar-refractivity contribution is 5.91. The Labute approximate surface area is 160 Å². The molecular formula is C21H28FN2O3+. The van der Waals surface area contributed by atoms with Crippen LogP contribution in [0.2, 0.25) is 0 Å². The van der Waals surface area contributed by atoms with Crippen LogP contribution in [0, 0.1) is 5.82 Å². The van der Waals surface area contributed by atoms with Gasteiger partial charge in [0.05, 0.1) is 20.3 Å². The number of rotatable bonds is 9. The highest BCUT2D eigenvalue weighted by atomic mass is 19.1. The monoisotopic (exact) mass is 375 g/mol. The molecule has 146 valence electrons. The number of likely N-dealkylation sites (N-methyl/N-ethyl adjacent to an activating group) is 1. The largest absolute Gasteiger partial charge is 0.490 e. The summed E-state index contributed by atoms with van der Waals surface area (Å²) in [5.41, 5.74) is 1.65. The van der Waals surface area contributed by atoms with Crippen molar-refractivity contribution in [2.75, 3.05) is 32.1 Å². The predicted molar refractivity (Wildman–Crippen MR) is 104 cm³/mol. The third kappa shape index (κ3) is 5.96. The first kappa shape index (κ1) is 20.7. The summed E-state index contributed by atoms with van der Waals surface area (Å²) in [4.78, 5) is 13.4. The lowest BCUT2D eigenvalue weighted by molar-refractivity contribution is -0.902. The van der Waals surface area contributed by atoms with Gasteiger partial charge in [0, 0.05) is 17.3 Å². The Bertz CT molecular complexity index is 750. The lowest BCUT2D eigenvalue weighted by Gasteiger charge is -2.21. The van der Waals surface area contributed by atoms with E-state index in [0.29, 0.717) is 30.4 Å². The molecule has 0 spiro atoms. The van der Waals surface area contributed by atoms with Gasteiger partial charge in [-0.3, -0.25) is 4.79 Å². The maximum Gasteiger partial charge on any atom is 0.279 e. The molecule has 0 fully saturated rings. The Morgan fingerprint density at radius 1 is 1.07 bits per heavy atom. The molecule has 27 heavy (non-hydrogen) atoms. The summed E-state index contributed by atoms with van der Waals surface area (Å²) in [6.45, 7) is 7.17. The predicted octanol–water partition coefficient (Wildman–Crippen LogP) is 2.84. The lowest BCUT2D eigenvalue weighted by Crippen LogP contribution is -3.10. The molecule has 0 heterocycles. The number of halogens is 1. The number of hydrogen-bond donors (Lipinski definition) is 2. The highest BCUT2D eigenvalue weighted by Crippen LogP contribution is 2.30. The number of amides is 1. The van der Waals surface area contributed by atoms with Crippen LogP contribution in [-0.2, 0) is 4.79 Å². The number of anilines is 1. The van der Waals surface area contributed by atoms with Gasteiger partial charge in [0.25, 0.3) is 5.91 Å². The van der Waals surface area contributed by atoms with Gasteiger partial charge in [-0.05, 0) is 45.0 Å². The van der Waals surface area contributed by atoms with Gasteiger partial charge in [0.2, 0.25) is 0 Å². The Morgan fingerprint density at radius 3 is 2.33 bits per heavy atom. The second-order valence-electron chi connectivity index (χ2n) is 6.37. The summed E-state index contributed by atoms with van der Waals surface area (Å²) in [6.07, 6.45) is 0. The van der Waals surface area contributed by atoms with E-state index >= 15 is 0 Å². The highest BCUT2D eigenvalue weighted by Gasteiger charge is 2.19. The van der Waals surface area contributed by atoms with Crippen LogP contribution in [0.3, 0.4) is 0 Å². The minimum atomic E-state index is -0.262. The van der Waals surface area contributed by atoms with Gasteiger partial charge in [-0.1, -0.05) is 12.1 Å². The summed E-state index contributed by atoms with van der Waals surface area (Å²) in [5.74, 6) is 0.901. The molecule has 2 aromatic rings. The molecule has 2 atom stereocenters. The smallest absolute Gasteiger partial charge is 0.279 e. The van der Waals surface area contributed by atoms with Crippen molar-refractivity contribution in [3.63, 3.8) is 0 Å². The molecule has 0 saturated carbocycles. The second kappa shape index (κ2) is 9.92. The van der Waals surface area contributed by atoms with Crippen molar-refractivity contribution >= 4 is 11.6 Å². The molecule has 0 aliphatic carbocycles. The molecule has 1 unspecified atom stereocenters. The van der Waals surface area contributed by atoms with E-state index in [1.54, 1.807) is 30.3 Å². The van der Waals surface area contributed by atoms with Crippen molar-refractivity contribution in [2.24, 2.45) is 0 Å². The molecule has 0 aliphatic heterocycles. The maximum absolute atomic E-state index is 13.1. The molecule has 1 amide bonds. The fourth-order valence-corrected chi connectivity index (χ4v) is 2.78. The van der Waals surface area contributed by atoms with E-state index in [9.17, 15) is 9.18 Å². The number of ether oxygens (including phenoxy) is 2. The van der Waals surface area contributed by atoms with Crippen LogP contribution in [0.1, 0.15) is 32.4 Å². The Balaban J connectivity index is 1.99. The zero-order valence-corrected chi connectivity index (χ0v) is 16.3. The van der Waals surface area contributed by atoms with Gasteiger partial charge in [0.1, 0.15) is 11.9 Å². The van der Waals surface area contributed by atoms with Crippen molar-refractivity contribution < 1.29 is 23.6 Å². The van der Waals surface area contributed by atoms with Crippen molar-refractivity contribution in [2.45, 2.75) is 26.8 Å². The van der Waals surface area contributed by atoms with Gasteiger partial charge < -0.3 is 19.7 Å². The van der Waals surface area contributed by atoms with Crippen LogP contribution in [0.5, 0.6) is 11.5 Å². The van der Waals surface area contributed by atoms with Gasteiger partial charge in [-0.15, -0.1) is 0 Å². The Kier molecular flexibility index (Phi) is 7.61. The van der Waals surface area contributed by atoms with Crippen molar-refractivity contribution in [1.82, 2.24) is 0 Å². The summed E-state index contributed by atoms with van der Waals surface area (Å²) in [7, 11) is 1.94. The molecule has 0 bridgehead atoms. The van der Waals surface area contributed by atoms with Crippen molar-refractivity contribution in [3.8, 4) is 11.5 Å². The third-order valence-corrected chi connectivity index (χ3v) is 4.38. The van der Waals surface area contributed by atoms with Gasteiger partial charge in [0.15, 0.2) is 18.0 Å².